The molecule has 1 saturated heterocycles. The number of nitrogens with zero attached hydrogens (tertiary/aromatic N) is 1. The second-order valence-corrected chi connectivity index (χ2v) is 8.80. The van der Waals surface area contributed by atoms with Crippen LogP contribution in [-0.2, 0) is 6.42 Å². The summed E-state index contributed by atoms with van der Waals surface area (Å²) in [7, 11) is 0. The van der Waals surface area contributed by atoms with Crippen LogP contribution in [0.5, 0.6) is 11.5 Å². The average Bonchev–Trinajstić information content (AvgIpc) is 2.83. The van der Waals surface area contributed by atoms with E-state index in [1.54, 1.807) is 36.4 Å². The number of benzene rings is 3. The number of carbonyl (C=O) groups excluding carboxylic acids is 1. The minimum Gasteiger partial charge on any atom is -0.492 e. The maximum atomic E-state index is 12.1. The molecule has 0 aromatic heterocycles. The summed E-state index contributed by atoms with van der Waals surface area (Å²) in [5, 5.41) is 11.0. The Balaban J connectivity index is 1.18. The molecule has 3 aromatic rings. The van der Waals surface area contributed by atoms with Crippen molar-refractivity contribution >= 4 is 5.97 Å². The first-order chi connectivity index (χ1) is 16.0. The van der Waals surface area contributed by atoms with Gasteiger partial charge in [0, 0.05) is 26.1 Å². The molecule has 1 aliphatic rings. The minimum atomic E-state index is -0.625. The van der Waals surface area contributed by atoms with Crippen molar-refractivity contribution in [3.63, 3.8) is 0 Å². The van der Waals surface area contributed by atoms with Gasteiger partial charge in [-0.2, -0.15) is 0 Å². The second kappa shape index (κ2) is 10.6. The third kappa shape index (κ3) is 6.67. The fourth-order valence-electron chi connectivity index (χ4n) is 4.09. The Morgan fingerprint density at radius 3 is 2.21 bits per heavy atom. The van der Waals surface area contributed by atoms with Crippen LogP contribution in [0.15, 0.2) is 78.9 Å². The first-order valence-corrected chi connectivity index (χ1v) is 11.5. The molecule has 5 nitrogen and oxygen atoms in total. The van der Waals surface area contributed by atoms with Crippen molar-refractivity contribution in [1.29, 1.82) is 0 Å². The van der Waals surface area contributed by atoms with Gasteiger partial charge in [0.1, 0.15) is 18.1 Å². The summed E-state index contributed by atoms with van der Waals surface area (Å²) in [6, 6.07) is 24.4. The van der Waals surface area contributed by atoms with Gasteiger partial charge >= 0.3 is 5.97 Å². The Labute approximate surface area is 195 Å². The van der Waals surface area contributed by atoms with Crippen LogP contribution in [0.4, 0.5) is 0 Å². The number of aliphatic hydroxyl groups is 1. The molecule has 33 heavy (non-hydrogen) atoms. The van der Waals surface area contributed by atoms with Crippen LogP contribution in [-0.4, -0.2) is 47.8 Å². The van der Waals surface area contributed by atoms with Gasteiger partial charge in [-0.3, -0.25) is 4.90 Å². The van der Waals surface area contributed by atoms with Gasteiger partial charge in [-0.25, -0.2) is 4.79 Å². The first-order valence-electron chi connectivity index (χ1n) is 11.5. The lowest BCUT2D eigenvalue weighted by Crippen LogP contribution is -2.46. The van der Waals surface area contributed by atoms with E-state index in [0.717, 1.165) is 38.2 Å². The molecule has 0 bridgehead atoms. The van der Waals surface area contributed by atoms with E-state index in [4.69, 9.17) is 9.47 Å². The number of rotatable bonds is 8. The summed E-state index contributed by atoms with van der Waals surface area (Å²) >= 11 is 0. The van der Waals surface area contributed by atoms with Crippen LogP contribution in [0.1, 0.15) is 34.3 Å². The predicted octanol–water partition coefficient (Wildman–Crippen LogP) is 4.66. The summed E-state index contributed by atoms with van der Waals surface area (Å²) < 4.78 is 11.3. The molecule has 172 valence electrons. The van der Waals surface area contributed by atoms with E-state index in [1.165, 1.54) is 11.1 Å². The number of hydrogen-bond acceptors (Lipinski definition) is 5. The molecule has 5 heteroatoms. The fraction of sp³-hybridized carbons (Fsp3) is 0.321. The van der Waals surface area contributed by atoms with E-state index in [1.807, 2.05) is 18.2 Å². The van der Waals surface area contributed by atoms with E-state index in [-0.39, 0.29) is 5.97 Å². The third-order valence-corrected chi connectivity index (χ3v) is 6.16. The van der Waals surface area contributed by atoms with Crippen molar-refractivity contribution in [3.8, 4) is 11.5 Å². The molecule has 1 fully saturated rings. The number of carbonyl (C=O) groups is 1. The number of piperidine rings is 1. The Kier molecular flexibility index (Phi) is 7.43. The summed E-state index contributed by atoms with van der Waals surface area (Å²) in [4.78, 5) is 14.5. The summed E-state index contributed by atoms with van der Waals surface area (Å²) in [5.74, 6) is 0.846. The molecule has 0 spiro atoms. The molecule has 4 rings (SSSR count). The molecule has 0 saturated carbocycles. The van der Waals surface area contributed by atoms with E-state index in [2.05, 4.69) is 36.1 Å². The molecule has 3 aromatic carbocycles. The highest BCUT2D eigenvalue weighted by Crippen LogP contribution is 2.26. The van der Waals surface area contributed by atoms with Crippen LogP contribution in [0.2, 0.25) is 0 Å². The number of ether oxygens (including phenoxy) is 2. The van der Waals surface area contributed by atoms with Crippen molar-refractivity contribution in [2.24, 2.45) is 0 Å². The van der Waals surface area contributed by atoms with E-state index < -0.39 is 5.60 Å². The molecule has 0 aliphatic carbocycles. The molecule has 0 atom stereocenters. The maximum Gasteiger partial charge on any atom is 0.343 e. The normalized spacial score (nSPS) is 15.7. The maximum absolute atomic E-state index is 12.1. The van der Waals surface area contributed by atoms with Gasteiger partial charge in [0.05, 0.1) is 11.2 Å². The van der Waals surface area contributed by atoms with Crippen LogP contribution in [0, 0.1) is 6.92 Å². The molecule has 1 heterocycles. The number of aryl methyl sites for hydroxylation is 1. The zero-order valence-electron chi connectivity index (χ0n) is 19.1. The van der Waals surface area contributed by atoms with Crippen molar-refractivity contribution in [3.05, 3.63) is 95.6 Å². The van der Waals surface area contributed by atoms with Gasteiger partial charge in [-0.15, -0.1) is 0 Å². The number of esters is 1. The summed E-state index contributed by atoms with van der Waals surface area (Å²) in [5.41, 5.74) is 2.32. The highest BCUT2D eigenvalue weighted by molar-refractivity contribution is 5.90. The molecule has 0 unspecified atom stereocenters. The summed E-state index contributed by atoms with van der Waals surface area (Å²) in [6.45, 7) is 5.18. The molecule has 0 amide bonds. The summed E-state index contributed by atoms with van der Waals surface area (Å²) in [6.07, 6.45) is 2.24. The van der Waals surface area contributed by atoms with Crippen molar-refractivity contribution in [1.82, 2.24) is 4.90 Å². The quantitative estimate of drug-likeness (QED) is 0.404. The highest BCUT2D eigenvalue weighted by Gasteiger charge is 2.32. The van der Waals surface area contributed by atoms with Crippen molar-refractivity contribution in [2.75, 3.05) is 26.2 Å². The van der Waals surface area contributed by atoms with Crippen LogP contribution >= 0.6 is 0 Å². The van der Waals surface area contributed by atoms with Gasteiger partial charge < -0.3 is 14.6 Å². The standard InChI is InChI=1S/C28H31NO4/c1-22-7-9-23(10-8-22)21-28(31)15-17-29(18-16-28)19-20-32-25-11-13-26(14-12-25)33-27(30)24-5-3-2-4-6-24/h2-14,31H,15-21H2,1H3. The number of hydrogen-bond donors (Lipinski definition) is 1. The lowest BCUT2D eigenvalue weighted by Gasteiger charge is -2.38. The lowest BCUT2D eigenvalue weighted by molar-refractivity contribution is -0.0226. The zero-order valence-corrected chi connectivity index (χ0v) is 19.1. The van der Waals surface area contributed by atoms with Gasteiger partial charge in [0.25, 0.3) is 0 Å². The van der Waals surface area contributed by atoms with Crippen LogP contribution < -0.4 is 9.47 Å². The Bertz CT molecular complexity index is 1020. The van der Waals surface area contributed by atoms with Gasteiger partial charge in [0.15, 0.2) is 0 Å². The van der Waals surface area contributed by atoms with Crippen molar-refractivity contribution < 1.29 is 19.4 Å². The van der Waals surface area contributed by atoms with E-state index in [0.29, 0.717) is 24.3 Å². The second-order valence-electron chi connectivity index (χ2n) is 8.80. The molecular formula is C28H31NO4. The zero-order chi connectivity index (χ0) is 23.1. The Hall–Kier alpha value is -3.15. The Morgan fingerprint density at radius 2 is 1.55 bits per heavy atom. The molecular weight excluding hydrogens is 414 g/mol. The largest absolute Gasteiger partial charge is 0.492 e. The average molecular weight is 446 g/mol. The van der Waals surface area contributed by atoms with Gasteiger partial charge in [-0.1, -0.05) is 48.0 Å². The van der Waals surface area contributed by atoms with Gasteiger partial charge in [0.2, 0.25) is 0 Å². The smallest absolute Gasteiger partial charge is 0.343 e. The van der Waals surface area contributed by atoms with E-state index >= 15 is 0 Å². The third-order valence-electron chi connectivity index (χ3n) is 6.16. The Morgan fingerprint density at radius 1 is 0.909 bits per heavy atom. The monoisotopic (exact) mass is 445 g/mol. The van der Waals surface area contributed by atoms with Crippen LogP contribution in [0.3, 0.4) is 0 Å². The SMILES string of the molecule is Cc1ccc(CC2(O)CCN(CCOc3ccc(OC(=O)c4ccccc4)cc3)CC2)cc1. The van der Waals surface area contributed by atoms with Crippen LogP contribution in [0.25, 0.3) is 0 Å². The van der Waals surface area contributed by atoms with Crippen molar-refractivity contribution in [2.45, 2.75) is 31.8 Å². The molecule has 1 aliphatic heterocycles. The lowest BCUT2D eigenvalue weighted by atomic mass is 9.85. The highest BCUT2D eigenvalue weighted by atomic mass is 16.5. The fourth-order valence-corrected chi connectivity index (χ4v) is 4.09. The number of likely N-dealkylation sites (tertiary alicyclic amines) is 1. The first kappa shape index (κ1) is 23.0. The molecule has 1 N–H and O–H groups in total. The van der Waals surface area contributed by atoms with Gasteiger partial charge in [-0.05, 0) is 61.7 Å². The topological polar surface area (TPSA) is 59.0 Å². The van der Waals surface area contributed by atoms with E-state index in [9.17, 15) is 9.90 Å². The molecule has 0 radical (unpaired) electrons. The predicted molar refractivity (Wildman–Crippen MR) is 129 cm³/mol. The minimum absolute atomic E-state index is 0.378.